The predicted octanol–water partition coefficient (Wildman–Crippen LogP) is 4.54. The van der Waals surface area contributed by atoms with Crippen molar-refractivity contribution >= 4 is 12.1 Å². The number of carbonyl (C=O) groups is 2. The lowest BCUT2D eigenvalue weighted by molar-refractivity contribution is -0.139. The Bertz CT molecular complexity index is 1120. The number of carbonyl (C=O) groups excluding carboxylic acids is 1. The van der Waals surface area contributed by atoms with Crippen LogP contribution in [0.3, 0.4) is 0 Å². The largest absolute Gasteiger partial charge is 0.508 e. The van der Waals surface area contributed by atoms with Gasteiger partial charge in [-0.05, 0) is 64.9 Å². The Morgan fingerprint density at radius 2 is 1.50 bits per heavy atom. The second kappa shape index (κ2) is 8.75. The number of aromatic hydroxyl groups is 1. The SMILES string of the molecule is Cc1cc(O)cc(C)c1C[C@@H](NC(=O)OCC1c2ccccc2-c2ccccc21)C(=O)O. The van der Waals surface area contributed by atoms with Crippen molar-refractivity contribution in [2.45, 2.75) is 32.2 Å². The van der Waals surface area contributed by atoms with Crippen molar-refractivity contribution in [1.29, 1.82) is 0 Å². The number of aliphatic carboxylic acids is 1. The van der Waals surface area contributed by atoms with Gasteiger partial charge in [0.05, 0.1) is 0 Å². The fourth-order valence-electron chi connectivity index (χ4n) is 4.48. The molecule has 0 spiro atoms. The number of hydrogen-bond donors (Lipinski definition) is 3. The summed E-state index contributed by atoms with van der Waals surface area (Å²) in [6.45, 7) is 3.71. The monoisotopic (exact) mass is 431 g/mol. The molecule has 3 N–H and O–H groups in total. The van der Waals surface area contributed by atoms with E-state index in [0.717, 1.165) is 38.9 Å². The molecule has 0 aromatic heterocycles. The topological polar surface area (TPSA) is 95.9 Å². The minimum absolute atomic E-state index is 0.0947. The third-order valence-electron chi connectivity index (χ3n) is 6.02. The molecule has 0 radical (unpaired) electrons. The van der Waals surface area contributed by atoms with Gasteiger partial charge >= 0.3 is 12.1 Å². The average molecular weight is 431 g/mol. The molecule has 164 valence electrons. The number of amides is 1. The Balaban J connectivity index is 1.46. The third kappa shape index (κ3) is 4.17. The van der Waals surface area contributed by atoms with Crippen molar-refractivity contribution < 1.29 is 24.5 Å². The van der Waals surface area contributed by atoms with E-state index in [2.05, 4.69) is 17.4 Å². The summed E-state index contributed by atoms with van der Waals surface area (Å²) in [4.78, 5) is 24.3. The molecule has 1 amide bonds. The molecule has 1 aliphatic carbocycles. The zero-order valence-electron chi connectivity index (χ0n) is 18.0. The highest BCUT2D eigenvalue weighted by Gasteiger charge is 2.30. The number of nitrogens with one attached hydrogen (secondary N) is 1. The van der Waals surface area contributed by atoms with E-state index in [-0.39, 0.29) is 24.7 Å². The zero-order valence-corrected chi connectivity index (χ0v) is 18.0. The molecule has 1 aliphatic rings. The van der Waals surface area contributed by atoms with Gasteiger partial charge in [-0.1, -0.05) is 48.5 Å². The van der Waals surface area contributed by atoms with Gasteiger partial charge in [0.15, 0.2) is 0 Å². The maximum Gasteiger partial charge on any atom is 0.407 e. The summed E-state index contributed by atoms with van der Waals surface area (Å²) in [5, 5.41) is 21.8. The Morgan fingerprint density at radius 1 is 0.969 bits per heavy atom. The van der Waals surface area contributed by atoms with Gasteiger partial charge in [0.2, 0.25) is 0 Å². The van der Waals surface area contributed by atoms with Crippen LogP contribution in [0, 0.1) is 13.8 Å². The molecule has 0 saturated carbocycles. The predicted molar refractivity (Wildman–Crippen MR) is 121 cm³/mol. The van der Waals surface area contributed by atoms with Crippen LogP contribution in [0.15, 0.2) is 60.7 Å². The van der Waals surface area contributed by atoms with Gasteiger partial charge < -0.3 is 20.3 Å². The highest BCUT2D eigenvalue weighted by Crippen LogP contribution is 2.44. The number of rotatable bonds is 6. The Morgan fingerprint density at radius 3 is 2.03 bits per heavy atom. The molecule has 1 atom stereocenters. The van der Waals surface area contributed by atoms with Crippen LogP contribution in [0.4, 0.5) is 4.79 Å². The lowest BCUT2D eigenvalue weighted by Gasteiger charge is -2.19. The summed E-state index contributed by atoms with van der Waals surface area (Å²) in [7, 11) is 0. The van der Waals surface area contributed by atoms with Gasteiger partial charge in [-0.25, -0.2) is 9.59 Å². The molecule has 0 saturated heterocycles. The number of benzene rings is 3. The smallest absolute Gasteiger partial charge is 0.407 e. The van der Waals surface area contributed by atoms with Crippen molar-refractivity contribution in [2.75, 3.05) is 6.61 Å². The number of ether oxygens (including phenoxy) is 1. The van der Waals surface area contributed by atoms with Gasteiger partial charge in [-0.3, -0.25) is 0 Å². The van der Waals surface area contributed by atoms with Crippen molar-refractivity contribution in [3.05, 3.63) is 88.5 Å². The lowest BCUT2D eigenvalue weighted by atomic mass is 9.96. The van der Waals surface area contributed by atoms with Crippen LogP contribution in [0.1, 0.15) is 33.7 Å². The highest BCUT2D eigenvalue weighted by atomic mass is 16.5. The molecule has 6 nitrogen and oxygen atoms in total. The Kier molecular flexibility index (Phi) is 5.86. The fraction of sp³-hybridized carbons (Fsp3) is 0.231. The summed E-state index contributed by atoms with van der Waals surface area (Å²) < 4.78 is 5.48. The van der Waals surface area contributed by atoms with Crippen LogP contribution in [-0.4, -0.2) is 34.9 Å². The maximum absolute atomic E-state index is 12.5. The van der Waals surface area contributed by atoms with Crippen molar-refractivity contribution in [2.24, 2.45) is 0 Å². The first kappa shape index (κ1) is 21.4. The zero-order chi connectivity index (χ0) is 22.8. The van der Waals surface area contributed by atoms with Gasteiger partial charge in [0, 0.05) is 12.3 Å². The summed E-state index contributed by atoms with van der Waals surface area (Å²) in [5.41, 5.74) is 6.73. The van der Waals surface area contributed by atoms with E-state index < -0.39 is 18.1 Å². The second-order valence-electron chi connectivity index (χ2n) is 8.12. The molecular formula is C26H25NO5. The normalized spacial score (nSPS) is 13.2. The van der Waals surface area contributed by atoms with Crippen molar-refractivity contribution in [3.8, 4) is 16.9 Å². The van der Waals surface area contributed by atoms with E-state index in [9.17, 15) is 19.8 Å². The number of carboxylic acid groups (broad SMARTS) is 1. The average Bonchev–Trinajstić information content (AvgIpc) is 3.07. The number of carboxylic acids is 1. The van der Waals surface area contributed by atoms with Crippen LogP contribution in [0.2, 0.25) is 0 Å². The summed E-state index contributed by atoms with van der Waals surface area (Å²) in [5.74, 6) is -1.12. The minimum atomic E-state index is -1.15. The number of phenolic OH excluding ortho intramolecular Hbond substituents is 1. The summed E-state index contributed by atoms with van der Waals surface area (Å²) in [6, 6.07) is 18.0. The minimum Gasteiger partial charge on any atom is -0.508 e. The van der Waals surface area contributed by atoms with E-state index in [0.29, 0.717) is 0 Å². The molecule has 0 fully saturated rings. The number of hydrogen-bond acceptors (Lipinski definition) is 4. The molecule has 4 rings (SSSR count). The quantitative estimate of drug-likeness (QED) is 0.532. The van der Waals surface area contributed by atoms with Gasteiger partial charge in [-0.2, -0.15) is 0 Å². The molecular weight excluding hydrogens is 406 g/mol. The molecule has 3 aromatic rings. The first-order valence-corrected chi connectivity index (χ1v) is 10.5. The maximum atomic E-state index is 12.5. The molecule has 32 heavy (non-hydrogen) atoms. The number of alkyl carbamates (subject to hydrolysis) is 1. The fourth-order valence-corrected chi connectivity index (χ4v) is 4.48. The van der Waals surface area contributed by atoms with E-state index in [1.165, 1.54) is 0 Å². The van der Waals surface area contributed by atoms with Gasteiger partial charge in [0.25, 0.3) is 0 Å². The summed E-state index contributed by atoms with van der Waals surface area (Å²) >= 11 is 0. The number of fused-ring (bicyclic) bond motifs is 3. The van der Waals surface area contributed by atoms with Crippen LogP contribution >= 0.6 is 0 Å². The van der Waals surface area contributed by atoms with Gasteiger partial charge in [-0.15, -0.1) is 0 Å². The van der Waals surface area contributed by atoms with Crippen molar-refractivity contribution in [1.82, 2.24) is 5.32 Å². The van der Waals surface area contributed by atoms with E-state index in [4.69, 9.17) is 4.74 Å². The lowest BCUT2D eigenvalue weighted by Crippen LogP contribution is -2.43. The Labute approximate surface area is 186 Å². The molecule has 0 bridgehead atoms. The van der Waals surface area contributed by atoms with Crippen LogP contribution in [0.25, 0.3) is 11.1 Å². The first-order valence-electron chi connectivity index (χ1n) is 10.5. The highest BCUT2D eigenvalue weighted by molar-refractivity contribution is 5.81. The standard InChI is InChI=1S/C26H25NO5/c1-15-11-17(28)12-16(2)22(15)13-24(25(29)30)27-26(31)32-14-23-20-9-5-3-7-18(20)19-8-4-6-10-21(19)23/h3-12,23-24,28H,13-14H2,1-2H3,(H,27,31)(H,29,30)/t24-/m1/s1. The van der Waals surface area contributed by atoms with Crippen LogP contribution < -0.4 is 5.32 Å². The first-order chi connectivity index (χ1) is 15.3. The molecule has 0 unspecified atom stereocenters. The van der Waals surface area contributed by atoms with E-state index >= 15 is 0 Å². The van der Waals surface area contributed by atoms with E-state index in [1.807, 2.05) is 36.4 Å². The van der Waals surface area contributed by atoms with Crippen molar-refractivity contribution in [3.63, 3.8) is 0 Å². The van der Waals surface area contributed by atoms with Gasteiger partial charge in [0.1, 0.15) is 18.4 Å². The molecule has 6 heteroatoms. The van der Waals surface area contributed by atoms with Crippen LogP contribution in [0.5, 0.6) is 5.75 Å². The Hall–Kier alpha value is -3.80. The molecule has 3 aromatic carbocycles. The number of aryl methyl sites for hydroxylation is 2. The molecule has 0 aliphatic heterocycles. The summed E-state index contributed by atoms with van der Waals surface area (Å²) in [6.07, 6.45) is -0.675. The number of phenols is 1. The third-order valence-corrected chi connectivity index (χ3v) is 6.02. The van der Waals surface area contributed by atoms with E-state index in [1.54, 1.807) is 26.0 Å². The van der Waals surface area contributed by atoms with Crippen LogP contribution in [-0.2, 0) is 16.0 Å². The second-order valence-corrected chi connectivity index (χ2v) is 8.12. The molecule has 0 heterocycles.